The average molecular weight is 225 g/mol. The predicted molar refractivity (Wildman–Crippen MR) is 60.4 cm³/mol. The Bertz CT molecular complexity index is 339. The standard InChI is InChI=1S/C12H19NO3/c1-7-5-8(13)6-9(14)10(7)11(15)16-12(2,3)4/h6-7,10H,5,13H2,1-4H3. The van der Waals surface area contributed by atoms with E-state index in [0.717, 1.165) is 0 Å². The number of nitrogens with two attached hydrogens (primary N) is 1. The number of hydrogen-bond acceptors (Lipinski definition) is 4. The molecule has 0 aliphatic heterocycles. The van der Waals surface area contributed by atoms with E-state index in [2.05, 4.69) is 0 Å². The number of ether oxygens (including phenoxy) is 1. The van der Waals surface area contributed by atoms with Gasteiger partial charge in [0.25, 0.3) is 0 Å². The van der Waals surface area contributed by atoms with Gasteiger partial charge in [-0.15, -0.1) is 0 Å². The molecule has 0 fully saturated rings. The maximum absolute atomic E-state index is 11.8. The molecule has 1 aliphatic carbocycles. The zero-order valence-corrected chi connectivity index (χ0v) is 10.2. The molecular weight excluding hydrogens is 206 g/mol. The molecule has 2 unspecified atom stereocenters. The van der Waals surface area contributed by atoms with E-state index in [4.69, 9.17) is 10.5 Å². The van der Waals surface area contributed by atoms with Gasteiger partial charge in [-0.1, -0.05) is 6.92 Å². The Morgan fingerprint density at radius 3 is 2.50 bits per heavy atom. The molecule has 0 saturated carbocycles. The molecule has 1 rings (SSSR count). The van der Waals surface area contributed by atoms with E-state index in [-0.39, 0.29) is 11.7 Å². The van der Waals surface area contributed by atoms with E-state index in [1.165, 1.54) is 6.08 Å². The number of rotatable bonds is 1. The molecule has 2 N–H and O–H groups in total. The normalized spacial score (nSPS) is 26.2. The van der Waals surface area contributed by atoms with Crippen LogP contribution in [0.4, 0.5) is 0 Å². The van der Waals surface area contributed by atoms with E-state index in [1.54, 1.807) is 20.8 Å². The molecule has 16 heavy (non-hydrogen) atoms. The van der Waals surface area contributed by atoms with E-state index >= 15 is 0 Å². The van der Waals surface area contributed by atoms with Gasteiger partial charge in [0.15, 0.2) is 5.78 Å². The Labute approximate surface area is 95.8 Å². The van der Waals surface area contributed by atoms with Gasteiger partial charge in [0.1, 0.15) is 11.5 Å². The van der Waals surface area contributed by atoms with Gasteiger partial charge in [-0.3, -0.25) is 9.59 Å². The monoisotopic (exact) mass is 225 g/mol. The Balaban J connectivity index is 2.81. The molecule has 1 aliphatic rings. The highest BCUT2D eigenvalue weighted by molar-refractivity contribution is 6.06. The number of ketones is 1. The highest BCUT2D eigenvalue weighted by atomic mass is 16.6. The first-order chi connectivity index (χ1) is 7.20. The van der Waals surface area contributed by atoms with Gasteiger partial charge in [0.2, 0.25) is 0 Å². The number of carbonyl (C=O) groups excluding carboxylic acids is 2. The number of esters is 1. The summed E-state index contributed by atoms with van der Waals surface area (Å²) in [6.45, 7) is 7.19. The lowest BCUT2D eigenvalue weighted by Gasteiger charge is -2.28. The molecule has 0 spiro atoms. The molecular formula is C12H19NO3. The van der Waals surface area contributed by atoms with Crippen molar-refractivity contribution in [1.29, 1.82) is 0 Å². The molecule has 0 aromatic heterocycles. The summed E-state index contributed by atoms with van der Waals surface area (Å²) in [6.07, 6.45) is 1.91. The zero-order valence-electron chi connectivity index (χ0n) is 10.2. The Hall–Kier alpha value is -1.32. The molecule has 4 nitrogen and oxygen atoms in total. The van der Waals surface area contributed by atoms with Gasteiger partial charge in [0.05, 0.1) is 0 Å². The third-order valence-corrected chi connectivity index (χ3v) is 2.42. The van der Waals surface area contributed by atoms with Gasteiger partial charge in [0, 0.05) is 11.8 Å². The van der Waals surface area contributed by atoms with Gasteiger partial charge in [-0.25, -0.2) is 0 Å². The topological polar surface area (TPSA) is 69.4 Å². The first-order valence-corrected chi connectivity index (χ1v) is 5.43. The summed E-state index contributed by atoms with van der Waals surface area (Å²) in [5, 5.41) is 0. The second kappa shape index (κ2) is 4.28. The molecule has 0 aromatic rings. The van der Waals surface area contributed by atoms with Crippen LogP contribution in [0.15, 0.2) is 11.8 Å². The summed E-state index contributed by atoms with van der Waals surface area (Å²) in [7, 11) is 0. The van der Waals surface area contributed by atoms with Gasteiger partial charge in [-0.05, 0) is 33.1 Å². The fourth-order valence-corrected chi connectivity index (χ4v) is 1.82. The summed E-state index contributed by atoms with van der Waals surface area (Å²) in [4.78, 5) is 23.5. The minimum absolute atomic E-state index is 0.0904. The van der Waals surface area contributed by atoms with Crippen LogP contribution in [0.2, 0.25) is 0 Å². The van der Waals surface area contributed by atoms with Crippen molar-refractivity contribution < 1.29 is 14.3 Å². The number of allylic oxidation sites excluding steroid dienone is 2. The van der Waals surface area contributed by atoms with Crippen LogP contribution in [0.3, 0.4) is 0 Å². The van der Waals surface area contributed by atoms with Gasteiger partial charge >= 0.3 is 5.97 Å². The van der Waals surface area contributed by atoms with Crippen LogP contribution in [0, 0.1) is 11.8 Å². The van der Waals surface area contributed by atoms with Gasteiger partial charge in [-0.2, -0.15) is 0 Å². The van der Waals surface area contributed by atoms with E-state index in [9.17, 15) is 9.59 Å². The molecule has 90 valence electrons. The molecule has 0 heterocycles. The summed E-state index contributed by atoms with van der Waals surface area (Å²) in [5.74, 6) is -1.49. The second-order valence-corrected chi connectivity index (χ2v) is 5.31. The lowest BCUT2D eigenvalue weighted by Crippen LogP contribution is -2.38. The van der Waals surface area contributed by atoms with Crippen molar-refractivity contribution >= 4 is 11.8 Å². The molecule has 0 saturated heterocycles. The Morgan fingerprint density at radius 2 is 2.06 bits per heavy atom. The largest absolute Gasteiger partial charge is 0.459 e. The van der Waals surface area contributed by atoms with Crippen molar-refractivity contribution in [3.8, 4) is 0 Å². The van der Waals surface area contributed by atoms with Crippen molar-refractivity contribution in [2.24, 2.45) is 17.6 Å². The Morgan fingerprint density at radius 1 is 1.50 bits per heavy atom. The molecule has 4 heteroatoms. The lowest BCUT2D eigenvalue weighted by atomic mass is 9.82. The van der Waals surface area contributed by atoms with E-state index < -0.39 is 17.5 Å². The van der Waals surface area contributed by atoms with E-state index in [0.29, 0.717) is 12.1 Å². The Kier molecular flexibility index (Phi) is 3.41. The maximum atomic E-state index is 11.8. The van der Waals surface area contributed by atoms with Crippen molar-refractivity contribution in [1.82, 2.24) is 0 Å². The summed E-state index contributed by atoms with van der Waals surface area (Å²) >= 11 is 0. The summed E-state index contributed by atoms with van der Waals surface area (Å²) in [5.41, 5.74) is 5.57. The lowest BCUT2D eigenvalue weighted by molar-refractivity contribution is -0.163. The summed E-state index contributed by atoms with van der Waals surface area (Å²) in [6, 6.07) is 0. The molecule has 0 aromatic carbocycles. The van der Waals surface area contributed by atoms with Crippen LogP contribution in [-0.2, 0) is 14.3 Å². The average Bonchev–Trinajstić information content (AvgIpc) is 1.96. The van der Waals surface area contributed by atoms with Crippen LogP contribution < -0.4 is 5.73 Å². The second-order valence-electron chi connectivity index (χ2n) is 5.31. The van der Waals surface area contributed by atoms with E-state index in [1.807, 2.05) is 6.92 Å². The van der Waals surface area contributed by atoms with Crippen molar-refractivity contribution in [3.63, 3.8) is 0 Å². The minimum atomic E-state index is -0.702. The first kappa shape index (κ1) is 12.7. The first-order valence-electron chi connectivity index (χ1n) is 5.43. The SMILES string of the molecule is CC1CC(N)=CC(=O)C1C(=O)OC(C)(C)C. The predicted octanol–water partition coefficient (Wildman–Crippen LogP) is 1.40. The fourth-order valence-electron chi connectivity index (χ4n) is 1.82. The molecule has 0 amide bonds. The quantitative estimate of drug-likeness (QED) is 0.541. The summed E-state index contributed by atoms with van der Waals surface area (Å²) < 4.78 is 5.22. The maximum Gasteiger partial charge on any atom is 0.317 e. The van der Waals surface area contributed by atoms with Crippen LogP contribution in [0.5, 0.6) is 0 Å². The van der Waals surface area contributed by atoms with Crippen LogP contribution in [-0.4, -0.2) is 17.4 Å². The molecule has 0 bridgehead atoms. The third-order valence-electron chi connectivity index (χ3n) is 2.42. The smallest absolute Gasteiger partial charge is 0.317 e. The number of carbonyl (C=O) groups is 2. The molecule has 0 radical (unpaired) electrons. The minimum Gasteiger partial charge on any atom is -0.459 e. The highest BCUT2D eigenvalue weighted by Gasteiger charge is 2.37. The van der Waals surface area contributed by atoms with Gasteiger partial charge < -0.3 is 10.5 Å². The third kappa shape index (κ3) is 3.08. The molecule has 2 atom stereocenters. The van der Waals surface area contributed by atoms with Crippen molar-refractivity contribution in [2.75, 3.05) is 0 Å². The highest BCUT2D eigenvalue weighted by Crippen LogP contribution is 2.27. The van der Waals surface area contributed by atoms with Crippen molar-refractivity contribution in [2.45, 2.75) is 39.7 Å². The zero-order chi connectivity index (χ0) is 12.5. The fraction of sp³-hybridized carbons (Fsp3) is 0.667. The van der Waals surface area contributed by atoms with Crippen LogP contribution in [0.25, 0.3) is 0 Å². The van der Waals surface area contributed by atoms with Crippen LogP contribution in [0.1, 0.15) is 34.1 Å². The van der Waals surface area contributed by atoms with Crippen LogP contribution >= 0.6 is 0 Å². The number of hydrogen-bond donors (Lipinski definition) is 1. The van der Waals surface area contributed by atoms with Crippen molar-refractivity contribution in [3.05, 3.63) is 11.8 Å².